The number of H-pyrrole nitrogens is 1. The number of fused-ring (bicyclic) bond motifs is 3. The summed E-state index contributed by atoms with van der Waals surface area (Å²) in [4.78, 5) is 74.5. The average Bonchev–Trinajstić information content (AvgIpc) is 4.02. The number of hydrogen-bond donors (Lipinski definition) is 4. The number of carbonyl (C=O) groups is 4. The number of thiophene rings is 1. The molecular weight excluding hydrogens is 735 g/mol. The molecule has 0 bridgehead atoms. The van der Waals surface area contributed by atoms with Crippen molar-refractivity contribution in [3.63, 3.8) is 0 Å². The van der Waals surface area contributed by atoms with Gasteiger partial charge in [-0.15, -0.1) is 11.3 Å². The number of aromatic amines is 1. The van der Waals surface area contributed by atoms with E-state index in [4.69, 9.17) is 9.47 Å². The number of ether oxygens (including phenoxy) is 2. The van der Waals surface area contributed by atoms with Crippen molar-refractivity contribution in [3.05, 3.63) is 68.2 Å². The van der Waals surface area contributed by atoms with E-state index >= 15 is 0 Å². The molecule has 4 amide bonds. The van der Waals surface area contributed by atoms with E-state index in [1.54, 1.807) is 18.2 Å². The highest BCUT2D eigenvalue weighted by molar-refractivity contribution is 7.91. The summed E-state index contributed by atoms with van der Waals surface area (Å²) in [7, 11) is -2.37. The molecule has 0 spiro atoms. The molecule has 3 aromatic rings. The zero-order valence-corrected chi connectivity index (χ0v) is 32.1. The predicted molar refractivity (Wildman–Crippen MR) is 202 cm³/mol. The number of hydrogen-bond acceptors (Lipinski definition) is 10. The normalized spacial score (nSPS) is 26.2. The minimum atomic E-state index is -3.90. The van der Waals surface area contributed by atoms with Gasteiger partial charge < -0.3 is 30.0 Å². The summed E-state index contributed by atoms with van der Waals surface area (Å²) in [5.74, 6) is -1.93. The fraction of sp³-hybridized carbons (Fsp3) is 0.500. The summed E-state index contributed by atoms with van der Waals surface area (Å²) in [5.41, 5.74) is -0.713. The van der Waals surface area contributed by atoms with E-state index in [9.17, 15) is 32.4 Å². The summed E-state index contributed by atoms with van der Waals surface area (Å²) in [5, 5.41) is 5.75. The summed E-state index contributed by atoms with van der Waals surface area (Å²) >= 11 is 1.31. The Balaban J connectivity index is 1.22. The number of allylic oxidation sites excluding steroid dienone is 1. The van der Waals surface area contributed by atoms with E-state index in [2.05, 4.69) is 20.3 Å². The first-order valence-electron chi connectivity index (χ1n) is 18.4. The van der Waals surface area contributed by atoms with Crippen LogP contribution in [0.4, 0.5) is 0 Å². The molecule has 0 radical (unpaired) electrons. The van der Waals surface area contributed by atoms with Gasteiger partial charge in [-0.05, 0) is 76.6 Å². The number of nitrogens with zero attached hydrogens (tertiary/aromatic N) is 1. The van der Waals surface area contributed by atoms with E-state index in [0.717, 1.165) is 17.7 Å². The zero-order valence-electron chi connectivity index (χ0n) is 30.4. The third kappa shape index (κ3) is 7.63. The van der Waals surface area contributed by atoms with Crippen molar-refractivity contribution in [1.82, 2.24) is 25.2 Å². The number of aryl methyl sites for hydroxylation is 2. The second-order valence-electron chi connectivity index (χ2n) is 14.7. The van der Waals surface area contributed by atoms with Crippen molar-refractivity contribution in [2.75, 3.05) is 13.7 Å². The lowest BCUT2D eigenvalue weighted by molar-refractivity contribution is -0.141. The lowest BCUT2D eigenvalue weighted by atomic mass is 10.0. The standard InChI is InChI=1S/C38H45N5O9S2/c1-21-11-16-31(53-21)35(46)39-27-10-8-6-4-5-7-9-23-19-38(23,37(48)42-54(49,50)25-12-13-25)41-34(45)28-17-24(20-43(28)36(27)47)52-30-18-32(44)40-33-22(2)29(51-3)15-14-26(30)33/h7,9,11,14-16,18,23-25,27-28H,4-6,8,10,12-13,17,19-20H2,1-3H3,(H,39,46)(H,40,44)(H,41,45)(H,42,48). The van der Waals surface area contributed by atoms with E-state index in [0.29, 0.717) is 59.2 Å². The number of pyridine rings is 1. The number of sulfonamides is 1. The first kappa shape index (κ1) is 37.6. The molecule has 5 unspecified atom stereocenters. The molecular formula is C38H45N5O9S2. The highest BCUT2D eigenvalue weighted by Gasteiger charge is 2.62. The van der Waals surface area contributed by atoms with E-state index in [1.807, 2.05) is 32.1 Å². The Morgan fingerprint density at radius 1 is 1.02 bits per heavy atom. The van der Waals surface area contributed by atoms with Gasteiger partial charge >= 0.3 is 0 Å². The Hall–Kier alpha value is -4.70. The van der Waals surface area contributed by atoms with Crippen molar-refractivity contribution < 1.29 is 37.1 Å². The van der Waals surface area contributed by atoms with Gasteiger partial charge in [0.2, 0.25) is 21.8 Å². The molecule has 4 heterocycles. The first-order valence-corrected chi connectivity index (χ1v) is 20.8. The Kier molecular flexibility index (Phi) is 10.3. The van der Waals surface area contributed by atoms with Crippen molar-refractivity contribution in [3.8, 4) is 11.5 Å². The molecule has 14 nitrogen and oxygen atoms in total. The van der Waals surface area contributed by atoms with E-state index in [1.165, 1.54) is 29.4 Å². The third-order valence-electron chi connectivity index (χ3n) is 10.8. The minimum Gasteiger partial charge on any atom is -0.496 e. The molecule has 2 saturated carbocycles. The number of benzene rings is 1. The van der Waals surface area contributed by atoms with Crippen LogP contribution in [0.1, 0.15) is 77.9 Å². The lowest BCUT2D eigenvalue weighted by Crippen LogP contribution is -2.58. The van der Waals surface area contributed by atoms with Crippen molar-refractivity contribution in [2.45, 2.75) is 101 Å². The molecule has 2 aliphatic carbocycles. The van der Waals surface area contributed by atoms with E-state index < -0.39 is 74.1 Å². The zero-order chi connectivity index (χ0) is 38.4. The summed E-state index contributed by atoms with van der Waals surface area (Å²) in [6.45, 7) is 3.65. The Bertz CT molecular complexity index is 2190. The van der Waals surface area contributed by atoms with Crippen molar-refractivity contribution in [1.29, 1.82) is 0 Å². The highest BCUT2D eigenvalue weighted by Crippen LogP contribution is 2.46. The number of rotatable bonds is 8. The molecule has 7 rings (SSSR count). The van der Waals surface area contributed by atoms with Gasteiger partial charge in [-0.3, -0.25) is 28.7 Å². The minimum absolute atomic E-state index is 0.00433. The Labute approximate surface area is 317 Å². The largest absolute Gasteiger partial charge is 0.496 e. The highest BCUT2D eigenvalue weighted by atomic mass is 32.2. The second-order valence-corrected chi connectivity index (χ2v) is 18.0. The molecule has 16 heteroatoms. The van der Waals surface area contributed by atoms with Crippen LogP contribution in [0.15, 0.2) is 47.3 Å². The van der Waals surface area contributed by atoms with Crippen molar-refractivity contribution >= 4 is 55.9 Å². The number of nitrogens with one attached hydrogen (secondary N) is 4. The van der Waals surface area contributed by atoms with Gasteiger partial charge in [-0.2, -0.15) is 0 Å². The molecule has 4 N–H and O–H groups in total. The van der Waals surface area contributed by atoms with Gasteiger partial charge in [0.05, 0.1) is 29.3 Å². The van der Waals surface area contributed by atoms with Gasteiger partial charge in [-0.25, -0.2) is 8.42 Å². The van der Waals surface area contributed by atoms with Crippen LogP contribution >= 0.6 is 11.3 Å². The predicted octanol–water partition coefficient (Wildman–Crippen LogP) is 3.37. The molecule has 3 fully saturated rings. The molecule has 5 atom stereocenters. The number of carbonyl (C=O) groups excluding carboxylic acids is 4. The average molecular weight is 780 g/mol. The maximum absolute atomic E-state index is 14.6. The van der Waals surface area contributed by atoms with Crippen LogP contribution in [0.5, 0.6) is 11.5 Å². The Morgan fingerprint density at radius 3 is 2.54 bits per heavy atom. The first-order chi connectivity index (χ1) is 25.8. The molecule has 288 valence electrons. The van der Waals surface area contributed by atoms with Gasteiger partial charge in [0.15, 0.2) is 0 Å². The van der Waals surface area contributed by atoms with Crippen LogP contribution in [0.3, 0.4) is 0 Å². The molecule has 4 aliphatic rings. The molecule has 1 aromatic carbocycles. The summed E-state index contributed by atoms with van der Waals surface area (Å²) < 4.78 is 39.8. The second kappa shape index (κ2) is 14.9. The van der Waals surface area contributed by atoms with Crippen LogP contribution in [0.25, 0.3) is 10.9 Å². The van der Waals surface area contributed by atoms with Crippen LogP contribution in [0, 0.1) is 19.8 Å². The molecule has 2 aliphatic heterocycles. The maximum Gasteiger partial charge on any atom is 0.262 e. The fourth-order valence-corrected chi connectivity index (χ4v) is 9.68. The van der Waals surface area contributed by atoms with Crippen LogP contribution in [-0.2, 0) is 24.4 Å². The summed E-state index contributed by atoms with van der Waals surface area (Å²) in [6.07, 6.45) is 7.39. The van der Waals surface area contributed by atoms with Gasteiger partial charge in [0, 0.05) is 34.2 Å². The van der Waals surface area contributed by atoms with Crippen molar-refractivity contribution in [2.24, 2.45) is 5.92 Å². The molecule has 54 heavy (non-hydrogen) atoms. The van der Waals surface area contributed by atoms with Crippen LogP contribution < -0.4 is 30.4 Å². The molecule has 2 aromatic heterocycles. The van der Waals surface area contributed by atoms with Crippen LogP contribution in [-0.4, -0.2) is 84.6 Å². The van der Waals surface area contributed by atoms with Crippen LogP contribution in [0.2, 0.25) is 0 Å². The van der Waals surface area contributed by atoms with Gasteiger partial charge in [0.1, 0.15) is 35.2 Å². The monoisotopic (exact) mass is 779 g/mol. The van der Waals surface area contributed by atoms with E-state index in [-0.39, 0.29) is 25.1 Å². The Morgan fingerprint density at radius 2 is 1.81 bits per heavy atom. The smallest absolute Gasteiger partial charge is 0.262 e. The topological polar surface area (TPSA) is 193 Å². The quantitative estimate of drug-likeness (QED) is 0.248. The molecule has 1 saturated heterocycles. The number of methoxy groups -OCH3 is 1. The SMILES string of the molecule is COc1ccc2c(OC3CC4C(=O)NC5(C(=O)NS(=O)(=O)C6CC6)CC5C=CCCCCCC(NC(=O)c5ccc(C)s5)C(=O)N4C3)cc(=O)[nH]c2c1C. The lowest BCUT2D eigenvalue weighted by Gasteiger charge is -2.29. The van der Waals surface area contributed by atoms with Gasteiger partial charge in [-0.1, -0.05) is 25.0 Å². The van der Waals surface area contributed by atoms with Gasteiger partial charge in [0.25, 0.3) is 17.4 Å². The third-order valence-corrected chi connectivity index (χ3v) is 13.6. The maximum atomic E-state index is 14.6. The summed E-state index contributed by atoms with van der Waals surface area (Å²) in [6, 6.07) is 6.28. The number of amides is 4. The number of aromatic nitrogens is 1. The fourth-order valence-electron chi connectivity index (χ4n) is 7.55.